The molecule has 0 spiro atoms. The Morgan fingerprint density at radius 3 is 1.85 bits per heavy atom. The predicted octanol–water partition coefficient (Wildman–Crippen LogP) is 2.60. The van der Waals surface area contributed by atoms with E-state index in [9.17, 15) is 28.8 Å². The third-order valence-electron chi connectivity index (χ3n) is 7.79. The zero-order valence-corrected chi connectivity index (χ0v) is 30.2. The second kappa shape index (κ2) is 17.2. The molecule has 2 aromatic heterocycles. The normalized spacial score (nSPS) is 20.7. The van der Waals surface area contributed by atoms with E-state index in [0.29, 0.717) is 22.4 Å². The second-order valence-electron chi connectivity index (χ2n) is 12.1. The molecule has 4 aromatic rings. The summed E-state index contributed by atoms with van der Waals surface area (Å²) in [5.41, 5.74) is 2.22. The van der Waals surface area contributed by atoms with Crippen molar-refractivity contribution in [3.63, 3.8) is 0 Å². The van der Waals surface area contributed by atoms with Crippen molar-refractivity contribution in [2.24, 2.45) is 0 Å². The summed E-state index contributed by atoms with van der Waals surface area (Å²) >= 11 is 0. The van der Waals surface area contributed by atoms with Crippen molar-refractivity contribution in [2.75, 3.05) is 13.2 Å². The Bertz CT molecular complexity index is 2040. The van der Waals surface area contributed by atoms with E-state index in [2.05, 4.69) is 0 Å². The van der Waals surface area contributed by atoms with Crippen LogP contribution in [0.2, 0.25) is 0 Å². The largest absolute Gasteiger partial charge is 0.463 e. The van der Waals surface area contributed by atoms with E-state index in [1.54, 1.807) is 48.5 Å². The lowest BCUT2D eigenvalue weighted by atomic mass is 9.98. The number of ether oxygens (including phenoxy) is 8. The van der Waals surface area contributed by atoms with E-state index in [0.717, 1.165) is 41.5 Å². The smallest absolute Gasteiger partial charge is 0.303 e. The van der Waals surface area contributed by atoms with Crippen LogP contribution < -0.4 is 0 Å². The lowest BCUT2D eigenvalue weighted by Crippen LogP contribution is -2.63. The van der Waals surface area contributed by atoms with E-state index < -0.39 is 91.9 Å². The Hall–Kier alpha value is -6.01. The Morgan fingerprint density at radius 1 is 0.685 bits per heavy atom. The van der Waals surface area contributed by atoms with Crippen LogP contribution in [-0.2, 0) is 66.7 Å². The van der Waals surface area contributed by atoms with Gasteiger partial charge < -0.3 is 37.9 Å². The first-order chi connectivity index (χ1) is 25.7. The lowest BCUT2D eigenvalue weighted by Gasteiger charge is -2.44. The monoisotopic (exact) mass is 750 g/mol. The highest BCUT2D eigenvalue weighted by molar-refractivity contribution is 5.87. The fraction of sp³-hybridized carbons (Fsp3) is 0.417. The van der Waals surface area contributed by atoms with Crippen LogP contribution in [-0.4, -0.2) is 106 Å². The Morgan fingerprint density at radius 2 is 1.26 bits per heavy atom. The van der Waals surface area contributed by atoms with Crippen LogP contribution in [0.1, 0.15) is 53.3 Å². The topological polar surface area (TPSA) is 220 Å². The van der Waals surface area contributed by atoms with E-state index in [1.807, 2.05) is 6.07 Å². The third-order valence-corrected chi connectivity index (χ3v) is 7.79. The molecule has 0 radical (unpaired) electrons. The fourth-order valence-electron chi connectivity index (χ4n) is 5.85. The molecule has 3 heterocycles. The van der Waals surface area contributed by atoms with Crippen LogP contribution in [0.15, 0.2) is 54.6 Å². The summed E-state index contributed by atoms with van der Waals surface area (Å²) in [4.78, 5) is 83.4. The minimum absolute atomic E-state index is 0.0544. The van der Waals surface area contributed by atoms with E-state index in [-0.39, 0.29) is 11.2 Å². The van der Waals surface area contributed by atoms with Crippen LogP contribution in [0, 0.1) is 0 Å². The van der Waals surface area contributed by atoms with Gasteiger partial charge in [-0.15, -0.1) is 0 Å². The molecule has 0 bridgehead atoms. The molecule has 5 rings (SSSR count). The van der Waals surface area contributed by atoms with Gasteiger partial charge in [0.15, 0.2) is 42.5 Å². The van der Waals surface area contributed by atoms with Gasteiger partial charge in [0.25, 0.3) is 0 Å². The molecule has 2 aromatic carbocycles. The molecule has 1 aliphatic heterocycles. The molecule has 0 N–H and O–H groups in total. The van der Waals surface area contributed by atoms with Crippen LogP contribution in [0.5, 0.6) is 0 Å². The highest BCUT2D eigenvalue weighted by atomic mass is 16.7. The van der Waals surface area contributed by atoms with Crippen molar-refractivity contribution >= 4 is 58.0 Å². The van der Waals surface area contributed by atoms with Gasteiger partial charge in [-0.25, -0.2) is 14.6 Å². The fourth-order valence-corrected chi connectivity index (χ4v) is 5.85. The number of benzene rings is 2. The van der Waals surface area contributed by atoms with Gasteiger partial charge in [-0.2, -0.15) is 5.10 Å². The van der Waals surface area contributed by atoms with Gasteiger partial charge in [0.2, 0.25) is 0 Å². The minimum atomic E-state index is -1.64. The van der Waals surface area contributed by atoms with Gasteiger partial charge >= 0.3 is 35.8 Å². The van der Waals surface area contributed by atoms with Crippen molar-refractivity contribution in [1.29, 1.82) is 0 Å². The number of aromatic nitrogens is 4. The summed E-state index contributed by atoms with van der Waals surface area (Å²) in [6.07, 6.45) is -10.4. The van der Waals surface area contributed by atoms with Crippen molar-refractivity contribution in [1.82, 2.24) is 19.7 Å². The lowest BCUT2D eigenvalue weighted by molar-refractivity contribution is -0.312. The molecule has 18 nitrogen and oxygen atoms in total. The van der Waals surface area contributed by atoms with E-state index in [1.165, 1.54) is 4.68 Å². The van der Waals surface area contributed by atoms with Gasteiger partial charge in [0.05, 0.1) is 23.3 Å². The number of esters is 6. The summed E-state index contributed by atoms with van der Waals surface area (Å²) in [6, 6.07) is 16.1. The number of para-hydroxylation sites is 3. The van der Waals surface area contributed by atoms with Crippen LogP contribution in [0.4, 0.5) is 0 Å². The molecule has 0 amide bonds. The SMILES string of the molecule is CC(=O)OC[C@H]1OC(OC[C@@H](OC(C)=O)[C@H](OC(C)=O)c2nn(-c3ccccc3)c3nc4ccccc4nc23)[C@@H](OC(C)=O)[C@@H](OC(C)=O)[C@H]1OC(C)=O. The Balaban J connectivity index is 1.59. The number of fused-ring (bicyclic) bond motifs is 2. The molecular formula is C36H38N4O14. The molecule has 1 aliphatic rings. The first kappa shape index (κ1) is 39.2. The van der Waals surface area contributed by atoms with Crippen molar-refractivity contribution in [3.8, 4) is 5.69 Å². The van der Waals surface area contributed by atoms with Gasteiger partial charge in [-0.1, -0.05) is 30.3 Å². The number of hydrogen-bond donors (Lipinski definition) is 0. The molecule has 286 valence electrons. The van der Waals surface area contributed by atoms with Gasteiger partial charge in [0, 0.05) is 41.5 Å². The molecular weight excluding hydrogens is 712 g/mol. The van der Waals surface area contributed by atoms with Gasteiger partial charge in [0.1, 0.15) is 23.9 Å². The average Bonchev–Trinajstić information content (AvgIpc) is 3.46. The number of rotatable bonds is 13. The summed E-state index contributed by atoms with van der Waals surface area (Å²) in [5, 5.41) is 4.76. The summed E-state index contributed by atoms with van der Waals surface area (Å²) < 4.78 is 46.6. The number of hydrogen-bond acceptors (Lipinski definition) is 17. The van der Waals surface area contributed by atoms with Gasteiger partial charge in [-0.3, -0.25) is 28.8 Å². The van der Waals surface area contributed by atoms with Crippen molar-refractivity contribution in [3.05, 3.63) is 60.3 Å². The van der Waals surface area contributed by atoms with Gasteiger partial charge in [-0.05, 0) is 24.3 Å². The zero-order chi connectivity index (χ0) is 39.1. The minimum Gasteiger partial charge on any atom is -0.463 e. The Labute approximate surface area is 307 Å². The molecule has 1 saturated heterocycles. The van der Waals surface area contributed by atoms with Crippen LogP contribution in [0.3, 0.4) is 0 Å². The molecule has 1 fully saturated rings. The second-order valence-corrected chi connectivity index (χ2v) is 12.1. The van der Waals surface area contributed by atoms with E-state index in [4.69, 9.17) is 53.0 Å². The van der Waals surface area contributed by atoms with Crippen molar-refractivity contribution < 1.29 is 66.7 Å². The maximum Gasteiger partial charge on any atom is 0.303 e. The Kier molecular flexibility index (Phi) is 12.5. The average molecular weight is 751 g/mol. The maximum atomic E-state index is 12.7. The molecule has 7 atom stereocenters. The predicted molar refractivity (Wildman–Crippen MR) is 182 cm³/mol. The highest BCUT2D eigenvalue weighted by Gasteiger charge is 2.53. The number of carbonyl (C=O) groups excluding carboxylic acids is 6. The molecule has 1 unspecified atom stereocenters. The first-order valence-electron chi connectivity index (χ1n) is 16.7. The van der Waals surface area contributed by atoms with Crippen LogP contribution in [0.25, 0.3) is 27.9 Å². The quantitative estimate of drug-likeness (QED) is 0.142. The third kappa shape index (κ3) is 9.50. The zero-order valence-electron chi connectivity index (χ0n) is 30.2. The molecule has 54 heavy (non-hydrogen) atoms. The van der Waals surface area contributed by atoms with E-state index >= 15 is 0 Å². The van der Waals surface area contributed by atoms with Crippen molar-refractivity contribution in [2.45, 2.75) is 84.5 Å². The maximum absolute atomic E-state index is 12.7. The summed E-state index contributed by atoms with van der Waals surface area (Å²) in [6.45, 7) is 5.53. The molecule has 18 heteroatoms. The summed E-state index contributed by atoms with van der Waals surface area (Å²) in [7, 11) is 0. The standard InChI is InChI=1S/C36H38N4O14/c1-18(41)47-16-28-32(51-21(4)44)33(52-22(5)45)34(53-23(6)46)36(54-28)48-17-27(49-19(2)42)31(50-20(3)43)29-30-35(38-26-15-11-10-14-25(26)37-30)40(39-29)24-12-8-7-9-13-24/h7-15,27-28,31-34,36H,16-17H2,1-6H3/t27-,28-,31+,32+,33+,34+,36?/m1/s1. The highest BCUT2D eigenvalue weighted by Crippen LogP contribution is 2.34. The molecule has 0 aliphatic carbocycles. The summed E-state index contributed by atoms with van der Waals surface area (Å²) in [5.74, 6) is -4.80. The van der Waals surface area contributed by atoms with Crippen LogP contribution >= 0.6 is 0 Å². The first-order valence-corrected chi connectivity index (χ1v) is 16.7. The number of nitrogens with zero attached hydrogens (tertiary/aromatic N) is 4. The number of carbonyl (C=O) groups is 6. The molecule has 0 saturated carbocycles.